The van der Waals surface area contributed by atoms with Crippen molar-refractivity contribution in [1.82, 2.24) is 10.2 Å². The Morgan fingerprint density at radius 2 is 2.30 bits per heavy atom. The fraction of sp³-hybridized carbons (Fsp3) is 0.647. The van der Waals surface area contributed by atoms with Gasteiger partial charge >= 0.3 is 0 Å². The largest absolute Gasteiger partial charge is 0.493 e. The summed E-state index contributed by atoms with van der Waals surface area (Å²) >= 11 is 0. The van der Waals surface area contributed by atoms with E-state index in [0.29, 0.717) is 0 Å². The minimum Gasteiger partial charge on any atom is -0.493 e. The maximum Gasteiger partial charge on any atom is 0.122 e. The van der Waals surface area contributed by atoms with Gasteiger partial charge in [-0.1, -0.05) is 12.1 Å². The third-order valence-corrected chi connectivity index (χ3v) is 5.23. The average Bonchev–Trinajstić information content (AvgIpc) is 3.13. The van der Waals surface area contributed by atoms with Crippen molar-refractivity contribution in [3.63, 3.8) is 0 Å². The number of piperidine rings is 1. The van der Waals surface area contributed by atoms with Gasteiger partial charge in [0, 0.05) is 25.6 Å². The smallest absolute Gasteiger partial charge is 0.122 e. The highest BCUT2D eigenvalue weighted by atomic mass is 16.5. The van der Waals surface area contributed by atoms with Gasteiger partial charge in [-0.15, -0.1) is 0 Å². The van der Waals surface area contributed by atoms with E-state index in [0.717, 1.165) is 30.7 Å². The van der Waals surface area contributed by atoms with Gasteiger partial charge < -0.3 is 10.1 Å². The summed E-state index contributed by atoms with van der Waals surface area (Å²) in [5, 5.41) is 3.57. The van der Waals surface area contributed by atoms with Crippen molar-refractivity contribution in [2.75, 3.05) is 32.8 Å². The van der Waals surface area contributed by atoms with Gasteiger partial charge in [0.25, 0.3) is 0 Å². The van der Waals surface area contributed by atoms with E-state index in [2.05, 4.69) is 28.4 Å². The van der Waals surface area contributed by atoms with Gasteiger partial charge in [0.15, 0.2) is 0 Å². The van der Waals surface area contributed by atoms with Crippen LogP contribution >= 0.6 is 0 Å². The number of ether oxygens (including phenoxy) is 1. The number of nitrogens with one attached hydrogen (secondary N) is 1. The van der Waals surface area contributed by atoms with Gasteiger partial charge in [0.2, 0.25) is 0 Å². The zero-order valence-corrected chi connectivity index (χ0v) is 12.1. The summed E-state index contributed by atoms with van der Waals surface area (Å²) in [6, 6.07) is 7.56. The Hall–Kier alpha value is -1.06. The summed E-state index contributed by atoms with van der Waals surface area (Å²) in [4.78, 5) is 2.72. The minimum atomic E-state index is 0.793. The van der Waals surface area contributed by atoms with Crippen LogP contribution in [0.2, 0.25) is 0 Å². The molecule has 108 valence electrons. The first-order valence-corrected chi connectivity index (χ1v) is 8.09. The molecular formula is C17H24N2O. The van der Waals surface area contributed by atoms with Crippen molar-refractivity contribution in [3.05, 3.63) is 29.3 Å². The zero-order chi connectivity index (χ0) is 13.4. The van der Waals surface area contributed by atoms with Crippen LogP contribution in [0.25, 0.3) is 0 Å². The predicted octanol–water partition coefficient (Wildman–Crippen LogP) is 1.85. The van der Waals surface area contributed by atoms with Crippen LogP contribution in [0.1, 0.15) is 24.0 Å². The number of hydrogen-bond donors (Lipinski definition) is 1. The van der Waals surface area contributed by atoms with Crippen molar-refractivity contribution < 1.29 is 4.74 Å². The van der Waals surface area contributed by atoms with Gasteiger partial charge in [-0.2, -0.15) is 0 Å². The Morgan fingerprint density at radius 1 is 1.30 bits per heavy atom. The fourth-order valence-electron chi connectivity index (χ4n) is 4.11. The van der Waals surface area contributed by atoms with Crippen LogP contribution in [0.5, 0.6) is 5.75 Å². The summed E-state index contributed by atoms with van der Waals surface area (Å²) < 4.78 is 5.59. The summed E-state index contributed by atoms with van der Waals surface area (Å²) in [5.41, 5.74) is 2.88. The quantitative estimate of drug-likeness (QED) is 0.909. The number of nitrogens with zero attached hydrogens (tertiary/aromatic N) is 1. The molecule has 2 saturated heterocycles. The molecule has 3 heteroatoms. The highest BCUT2D eigenvalue weighted by Crippen LogP contribution is 2.28. The van der Waals surface area contributed by atoms with E-state index in [1.807, 2.05) is 0 Å². The first-order chi connectivity index (χ1) is 9.90. The highest BCUT2D eigenvalue weighted by Gasteiger charge is 2.34. The molecule has 4 rings (SSSR count). The molecule has 3 aliphatic rings. The lowest BCUT2D eigenvalue weighted by molar-refractivity contribution is 0.126. The van der Waals surface area contributed by atoms with Crippen LogP contribution < -0.4 is 10.1 Å². The lowest BCUT2D eigenvalue weighted by Crippen LogP contribution is -2.45. The standard InChI is InChI=1S/C17H24N2O/c1-2-15-11-18-12-16(15)19(7-1)8-5-13-3-4-17-14(10-13)6-9-20-17/h3-4,10,15-16,18H,1-2,5-9,11-12H2. The van der Waals surface area contributed by atoms with E-state index >= 15 is 0 Å². The maximum absolute atomic E-state index is 5.59. The second kappa shape index (κ2) is 5.38. The van der Waals surface area contributed by atoms with Crippen LogP contribution in [0.15, 0.2) is 18.2 Å². The van der Waals surface area contributed by atoms with Crippen molar-refractivity contribution in [2.45, 2.75) is 31.7 Å². The summed E-state index contributed by atoms with van der Waals surface area (Å²) in [6.45, 7) is 5.79. The summed E-state index contributed by atoms with van der Waals surface area (Å²) in [6.07, 6.45) is 5.06. The molecule has 1 N–H and O–H groups in total. The Bertz CT molecular complexity index is 488. The number of fused-ring (bicyclic) bond motifs is 2. The number of hydrogen-bond acceptors (Lipinski definition) is 3. The molecule has 0 radical (unpaired) electrons. The molecule has 2 fully saturated rings. The zero-order valence-electron chi connectivity index (χ0n) is 12.1. The SMILES string of the molecule is c1cc2c(cc1CCN1CCCC3CNCC31)CCO2. The first kappa shape index (κ1) is 12.7. The van der Waals surface area contributed by atoms with Gasteiger partial charge in [0.05, 0.1) is 6.61 Å². The van der Waals surface area contributed by atoms with Crippen LogP contribution in [0, 0.1) is 5.92 Å². The first-order valence-electron chi connectivity index (χ1n) is 8.09. The average molecular weight is 272 g/mol. The molecule has 1 aromatic carbocycles. The molecule has 0 bridgehead atoms. The molecule has 0 spiro atoms. The molecule has 2 atom stereocenters. The van der Waals surface area contributed by atoms with Crippen LogP contribution in [-0.2, 0) is 12.8 Å². The third kappa shape index (κ3) is 2.33. The highest BCUT2D eigenvalue weighted by molar-refractivity contribution is 5.39. The molecule has 3 heterocycles. The van der Waals surface area contributed by atoms with Crippen LogP contribution in [0.3, 0.4) is 0 Å². The van der Waals surface area contributed by atoms with E-state index in [9.17, 15) is 0 Å². The molecule has 0 aromatic heterocycles. The Labute approximate surface area is 121 Å². The Morgan fingerprint density at radius 3 is 3.30 bits per heavy atom. The molecule has 1 aromatic rings. The topological polar surface area (TPSA) is 24.5 Å². The van der Waals surface area contributed by atoms with Gasteiger partial charge in [-0.25, -0.2) is 0 Å². The number of rotatable bonds is 3. The van der Waals surface area contributed by atoms with Gasteiger partial charge in [-0.3, -0.25) is 4.90 Å². The van der Waals surface area contributed by atoms with Gasteiger partial charge in [0.1, 0.15) is 5.75 Å². The van der Waals surface area contributed by atoms with Crippen LogP contribution in [0.4, 0.5) is 0 Å². The molecule has 3 nitrogen and oxygen atoms in total. The third-order valence-electron chi connectivity index (χ3n) is 5.23. The summed E-state index contributed by atoms with van der Waals surface area (Å²) in [5.74, 6) is 2.00. The van der Waals surface area contributed by atoms with E-state index in [1.54, 1.807) is 0 Å². The predicted molar refractivity (Wildman–Crippen MR) is 80.3 cm³/mol. The second-order valence-electron chi connectivity index (χ2n) is 6.45. The fourth-order valence-corrected chi connectivity index (χ4v) is 4.11. The van der Waals surface area contributed by atoms with E-state index in [1.165, 1.54) is 56.6 Å². The molecular weight excluding hydrogens is 248 g/mol. The molecule has 3 aliphatic heterocycles. The maximum atomic E-state index is 5.59. The molecule has 0 aliphatic carbocycles. The van der Waals surface area contributed by atoms with E-state index in [4.69, 9.17) is 4.74 Å². The van der Waals surface area contributed by atoms with Crippen molar-refractivity contribution >= 4 is 0 Å². The lowest BCUT2D eigenvalue weighted by atomic mass is 9.91. The van der Waals surface area contributed by atoms with Crippen molar-refractivity contribution in [3.8, 4) is 5.75 Å². The van der Waals surface area contributed by atoms with Crippen molar-refractivity contribution in [1.29, 1.82) is 0 Å². The Balaban J connectivity index is 1.40. The normalized spacial score (nSPS) is 29.0. The second-order valence-corrected chi connectivity index (χ2v) is 6.45. The molecule has 2 unspecified atom stereocenters. The van der Waals surface area contributed by atoms with Crippen LogP contribution in [-0.4, -0.2) is 43.7 Å². The lowest BCUT2D eigenvalue weighted by Gasteiger charge is -2.37. The number of benzene rings is 1. The molecule has 20 heavy (non-hydrogen) atoms. The minimum absolute atomic E-state index is 0.793. The number of likely N-dealkylation sites (tertiary alicyclic amines) is 1. The molecule has 0 amide bonds. The van der Waals surface area contributed by atoms with E-state index < -0.39 is 0 Å². The summed E-state index contributed by atoms with van der Waals surface area (Å²) in [7, 11) is 0. The van der Waals surface area contributed by atoms with E-state index in [-0.39, 0.29) is 0 Å². The monoisotopic (exact) mass is 272 g/mol. The van der Waals surface area contributed by atoms with Gasteiger partial charge in [-0.05, 0) is 55.5 Å². The molecule has 0 saturated carbocycles. The Kier molecular flexibility index (Phi) is 3.41. The van der Waals surface area contributed by atoms with Crippen molar-refractivity contribution in [2.24, 2.45) is 5.92 Å².